The zero-order chi connectivity index (χ0) is 12.1. The van der Waals surface area contributed by atoms with Crippen LogP contribution in [-0.4, -0.2) is 30.1 Å². The molecule has 0 bridgehead atoms. The summed E-state index contributed by atoms with van der Waals surface area (Å²) in [5, 5.41) is 15.7. The maximum absolute atomic E-state index is 11.0. The zero-order valence-corrected chi connectivity index (χ0v) is 8.97. The molecule has 0 saturated carbocycles. The van der Waals surface area contributed by atoms with Gasteiger partial charge in [0.1, 0.15) is 5.75 Å². The second-order valence-electron chi connectivity index (χ2n) is 3.48. The van der Waals surface area contributed by atoms with Crippen molar-refractivity contribution in [2.75, 3.05) is 6.54 Å². The smallest absolute Gasteiger partial charge is 0.238 e. The van der Waals surface area contributed by atoms with Crippen LogP contribution in [0.1, 0.15) is 5.56 Å². The van der Waals surface area contributed by atoms with Gasteiger partial charge in [0.25, 0.3) is 0 Å². The lowest BCUT2D eigenvalue weighted by Crippen LogP contribution is -2.64. The first-order chi connectivity index (χ1) is 8.24. The molecule has 1 aliphatic heterocycles. The monoisotopic (exact) mass is 235 g/mol. The fourth-order valence-corrected chi connectivity index (χ4v) is 1.29. The van der Waals surface area contributed by atoms with E-state index in [4.69, 9.17) is 5.11 Å². The third kappa shape index (κ3) is 3.44. The number of rotatable bonds is 3. The molecule has 1 aromatic carbocycles. The lowest BCUT2D eigenvalue weighted by Gasteiger charge is -2.24. The van der Waals surface area contributed by atoms with Crippen LogP contribution in [0.3, 0.4) is 0 Å². The number of amides is 1. The number of hydrogen-bond acceptors (Lipinski definition) is 6. The second kappa shape index (κ2) is 5.28. The molecule has 0 radical (unpaired) electrons. The van der Waals surface area contributed by atoms with E-state index in [-0.39, 0.29) is 18.2 Å². The van der Waals surface area contributed by atoms with Crippen molar-refractivity contribution in [3.8, 4) is 5.75 Å². The summed E-state index contributed by atoms with van der Waals surface area (Å²) in [5.41, 5.74) is 9.06. The normalized spacial score (nSPS) is 20.2. The highest BCUT2D eigenvalue weighted by Crippen LogP contribution is 2.07. The quantitative estimate of drug-likeness (QED) is 0.336. The summed E-state index contributed by atoms with van der Waals surface area (Å²) in [4.78, 5) is 11.0. The fraction of sp³-hybridized carbons (Fsp3) is 0.200. The maximum Gasteiger partial charge on any atom is 0.238 e. The van der Waals surface area contributed by atoms with Crippen LogP contribution >= 0.6 is 0 Å². The minimum Gasteiger partial charge on any atom is -0.508 e. The number of aromatic hydroxyl groups is 1. The van der Waals surface area contributed by atoms with E-state index < -0.39 is 6.29 Å². The molecule has 17 heavy (non-hydrogen) atoms. The van der Waals surface area contributed by atoms with E-state index in [0.29, 0.717) is 0 Å². The number of carbonyl (C=O) groups excluding carboxylic acids is 1. The largest absolute Gasteiger partial charge is 0.508 e. The summed E-state index contributed by atoms with van der Waals surface area (Å²) < 4.78 is 0. The van der Waals surface area contributed by atoms with E-state index in [1.165, 1.54) is 0 Å². The lowest BCUT2D eigenvalue weighted by atomic mass is 10.2. The fourth-order valence-electron chi connectivity index (χ4n) is 1.29. The van der Waals surface area contributed by atoms with Crippen molar-refractivity contribution >= 4 is 12.1 Å². The van der Waals surface area contributed by atoms with Gasteiger partial charge in [-0.3, -0.25) is 10.2 Å². The van der Waals surface area contributed by atoms with Gasteiger partial charge in [-0.05, 0) is 29.8 Å². The first kappa shape index (κ1) is 11.4. The summed E-state index contributed by atoms with van der Waals surface area (Å²) in [6.07, 6.45) is 1.15. The molecule has 0 aromatic heterocycles. The first-order valence-corrected chi connectivity index (χ1v) is 5.09. The minimum absolute atomic E-state index is 0.110. The van der Waals surface area contributed by atoms with Crippen molar-refractivity contribution in [3.05, 3.63) is 29.8 Å². The number of hydrogen-bond donors (Lipinski definition) is 5. The number of benzene rings is 1. The third-order valence-electron chi connectivity index (χ3n) is 2.11. The molecule has 1 fully saturated rings. The molecule has 1 aromatic rings. The van der Waals surface area contributed by atoms with Crippen molar-refractivity contribution in [3.63, 3.8) is 0 Å². The number of carbonyl (C=O) groups is 1. The Balaban J connectivity index is 1.84. The Hall–Kier alpha value is -2.12. The van der Waals surface area contributed by atoms with Gasteiger partial charge in [0.2, 0.25) is 5.91 Å². The molecular weight excluding hydrogens is 222 g/mol. The van der Waals surface area contributed by atoms with Crippen LogP contribution in [-0.2, 0) is 4.79 Å². The number of phenols is 1. The standard InChI is InChI=1S/C10H13N5O2/c16-8-3-1-7(2-4-8)5-11-14-10-13-9(17)6-12-15-10/h1-5,10,12,14-16H,6H2,(H,13,17)/b11-5+. The molecule has 1 saturated heterocycles. The van der Waals surface area contributed by atoms with Crippen LogP contribution < -0.4 is 21.6 Å². The van der Waals surface area contributed by atoms with Crippen LogP contribution in [0.25, 0.3) is 0 Å². The van der Waals surface area contributed by atoms with Crippen molar-refractivity contribution in [1.29, 1.82) is 0 Å². The minimum atomic E-state index is -0.440. The molecule has 1 aliphatic rings. The maximum atomic E-state index is 11.0. The molecule has 2 rings (SSSR count). The Labute approximate surface area is 97.9 Å². The SMILES string of the molecule is O=C1CNNC(N/N=C/c2ccc(O)cc2)N1. The molecule has 1 unspecified atom stereocenters. The Morgan fingerprint density at radius 2 is 2.18 bits per heavy atom. The molecule has 0 spiro atoms. The third-order valence-corrected chi connectivity index (χ3v) is 2.11. The Bertz CT molecular complexity index is 417. The van der Waals surface area contributed by atoms with E-state index in [1.54, 1.807) is 30.5 Å². The lowest BCUT2D eigenvalue weighted by molar-refractivity contribution is -0.123. The summed E-state index contributed by atoms with van der Waals surface area (Å²) in [5.74, 6) is 0.0987. The summed E-state index contributed by atoms with van der Waals surface area (Å²) in [6, 6.07) is 6.60. The molecule has 5 N–H and O–H groups in total. The van der Waals surface area contributed by atoms with Crippen LogP contribution in [0.2, 0.25) is 0 Å². The molecule has 0 aliphatic carbocycles. The van der Waals surface area contributed by atoms with Crippen LogP contribution in [0.5, 0.6) is 5.75 Å². The molecule has 90 valence electrons. The topological polar surface area (TPSA) is 97.8 Å². The van der Waals surface area contributed by atoms with Crippen LogP contribution in [0, 0.1) is 0 Å². The zero-order valence-electron chi connectivity index (χ0n) is 8.97. The average molecular weight is 235 g/mol. The van der Waals surface area contributed by atoms with Crippen molar-refractivity contribution < 1.29 is 9.90 Å². The highest BCUT2D eigenvalue weighted by molar-refractivity contribution is 5.80. The van der Waals surface area contributed by atoms with Crippen LogP contribution in [0.15, 0.2) is 29.4 Å². The van der Waals surface area contributed by atoms with E-state index >= 15 is 0 Å². The van der Waals surface area contributed by atoms with Gasteiger partial charge in [0.05, 0.1) is 12.8 Å². The van der Waals surface area contributed by atoms with Gasteiger partial charge in [-0.25, -0.2) is 10.9 Å². The number of hydrazone groups is 1. The van der Waals surface area contributed by atoms with Gasteiger partial charge in [0.15, 0.2) is 6.29 Å². The Morgan fingerprint density at radius 1 is 1.41 bits per heavy atom. The van der Waals surface area contributed by atoms with Gasteiger partial charge in [-0.2, -0.15) is 5.10 Å². The van der Waals surface area contributed by atoms with E-state index in [0.717, 1.165) is 5.56 Å². The van der Waals surface area contributed by atoms with Gasteiger partial charge < -0.3 is 10.4 Å². The van der Waals surface area contributed by atoms with E-state index in [2.05, 4.69) is 26.7 Å². The highest BCUT2D eigenvalue weighted by Gasteiger charge is 2.14. The molecular formula is C10H13N5O2. The number of phenolic OH excluding ortho intramolecular Hbond substituents is 1. The Morgan fingerprint density at radius 3 is 2.88 bits per heavy atom. The number of nitrogens with zero attached hydrogens (tertiary/aromatic N) is 1. The molecule has 1 atom stereocenters. The van der Waals surface area contributed by atoms with Gasteiger partial charge in [-0.15, -0.1) is 0 Å². The molecule has 1 heterocycles. The van der Waals surface area contributed by atoms with Crippen LogP contribution in [0.4, 0.5) is 0 Å². The predicted molar refractivity (Wildman–Crippen MR) is 61.9 cm³/mol. The van der Waals surface area contributed by atoms with Gasteiger partial charge >= 0.3 is 0 Å². The average Bonchev–Trinajstić information content (AvgIpc) is 2.32. The van der Waals surface area contributed by atoms with E-state index in [1.807, 2.05) is 0 Å². The molecule has 7 heteroatoms. The van der Waals surface area contributed by atoms with Gasteiger partial charge in [0, 0.05) is 0 Å². The van der Waals surface area contributed by atoms with Crippen molar-refractivity contribution in [2.45, 2.75) is 6.29 Å². The summed E-state index contributed by atoms with van der Waals surface area (Å²) in [7, 11) is 0. The second-order valence-corrected chi connectivity index (χ2v) is 3.48. The predicted octanol–water partition coefficient (Wildman–Crippen LogP) is -1.18. The van der Waals surface area contributed by atoms with E-state index in [9.17, 15) is 4.79 Å². The first-order valence-electron chi connectivity index (χ1n) is 5.09. The number of nitrogens with one attached hydrogen (secondary N) is 4. The summed E-state index contributed by atoms with van der Waals surface area (Å²) >= 11 is 0. The molecule has 1 amide bonds. The van der Waals surface area contributed by atoms with Crippen molar-refractivity contribution in [2.24, 2.45) is 5.10 Å². The highest BCUT2D eigenvalue weighted by atomic mass is 16.3. The van der Waals surface area contributed by atoms with Crippen molar-refractivity contribution in [1.82, 2.24) is 21.6 Å². The Kier molecular flexibility index (Phi) is 3.53. The molecule has 7 nitrogen and oxygen atoms in total. The van der Waals surface area contributed by atoms with Gasteiger partial charge in [-0.1, -0.05) is 0 Å². The number of hydrazine groups is 1. The summed E-state index contributed by atoms with van der Waals surface area (Å²) in [6.45, 7) is 0.236.